The normalized spacial score (nSPS) is 60.3. The lowest BCUT2D eigenvalue weighted by molar-refractivity contribution is -0.154. The lowest BCUT2D eigenvalue weighted by Crippen LogP contribution is -2.49. The number of hydrogen-bond donors (Lipinski definition) is 3. The van der Waals surface area contributed by atoms with Gasteiger partial charge in [0.2, 0.25) is 0 Å². The highest BCUT2D eigenvalue weighted by molar-refractivity contribution is 5.95. The molecule has 168 valence electrons. The van der Waals surface area contributed by atoms with Crippen molar-refractivity contribution in [2.45, 2.75) is 95.3 Å². The zero-order valence-electron chi connectivity index (χ0n) is 18.3. The van der Waals surface area contributed by atoms with Gasteiger partial charge in [-0.15, -0.1) is 0 Å². The van der Waals surface area contributed by atoms with E-state index in [2.05, 4.69) is 0 Å². The van der Waals surface area contributed by atoms with E-state index >= 15 is 0 Å². The predicted octanol–water partition coefficient (Wildman–Crippen LogP) is 0.197. The van der Waals surface area contributed by atoms with Crippen LogP contribution in [-0.2, 0) is 23.8 Å². The Morgan fingerprint density at radius 3 is 2.33 bits per heavy atom. The highest BCUT2D eigenvalue weighted by atomic mass is 16.7. The Morgan fingerprint density at radius 2 is 1.73 bits per heavy atom. The molecule has 12 unspecified atom stereocenters. The molecule has 30 heavy (non-hydrogen) atoms. The molecule has 5 fully saturated rings. The van der Waals surface area contributed by atoms with Gasteiger partial charge < -0.3 is 29.5 Å². The van der Waals surface area contributed by atoms with Crippen LogP contribution in [0.4, 0.5) is 0 Å². The minimum atomic E-state index is -1.24. The summed E-state index contributed by atoms with van der Waals surface area (Å²) in [6, 6.07) is 0. The molecule has 8 heteroatoms. The third kappa shape index (κ3) is 2.14. The number of ketones is 1. The van der Waals surface area contributed by atoms with Crippen LogP contribution in [0.25, 0.3) is 0 Å². The van der Waals surface area contributed by atoms with Crippen LogP contribution in [0.1, 0.15) is 48.0 Å². The van der Waals surface area contributed by atoms with Crippen molar-refractivity contribution in [1.29, 1.82) is 0 Å². The maximum atomic E-state index is 13.8. The van der Waals surface area contributed by atoms with Crippen LogP contribution in [0.5, 0.6) is 0 Å². The van der Waals surface area contributed by atoms with E-state index in [0.717, 1.165) is 0 Å². The maximum Gasteiger partial charge on any atom is 0.302 e. The monoisotopic (exact) mass is 424 g/mol. The van der Waals surface area contributed by atoms with Gasteiger partial charge in [0.1, 0.15) is 23.9 Å². The first kappa shape index (κ1) is 20.8. The fraction of sp³-hybridized carbons (Fsp3) is 0.909. The molecule has 0 amide bonds. The van der Waals surface area contributed by atoms with E-state index in [4.69, 9.17) is 14.2 Å². The first-order valence-corrected chi connectivity index (χ1v) is 10.9. The van der Waals surface area contributed by atoms with E-state index in [1.165, 1.54) is 6.92 Å². The van der Waals surface area contributed by atoms with Crippen molar-refractivity contribution in [2.24, 2.45) is 29.1 Å². The number of aliphatic hydroxyl groups is 3. The molecular formula is C22H32O8. The molecule has 3 saturated carbocycles. The van der Waals surface area contributed by atoms with Crippen molar-refractivity contribution in [3.05, 3.63) is 0 Å². The number of carbonyl (C=O) groups is 2. The standard InChI is InChI=1S/C22H32O8/c1-8-7-21-16(26)9(2)14(28-10(3)23)12-11(19(12,4)5)13(24)17(27)20(6)18(29-20)22(21,30-21)15(8)25/h8-9,11-15,17-18,24-25,27H,7H2,1-6H3. The number of Topliss-reactive ketones (excluding diaryl/α,β-unsaturated/α-hetero) is 1. The number of hydrogen-bond acceptors (Lipinski definition) is 8. The summed E-state index contributed by atoms with van der Waals surface area (Å²) in [5.41, 5.74) is -4.02. The summed E-state index contributed by atoms with van der Waals surface area (Å²) < 4.78 is 17.6. The molecule has 2 saturated heterocycles. The molecule has 2 heterocycles. The SMILES string of the molecule is CC(=O)OC1C(C)C(=O)C23CC(C)C(O)C2(O3)C2OC2(C)C(O)C(O)C2C1C2(C)C. The topological polar surface area (TPSA) is 129 Å². The van der Waals surface area contributed by atoms with Gasteiger partial charge in [-0.3, -0.25) is 9.59 Å². The van der Waals surface area contributed by atoms with Crippen LogP contribution in [0, 0.1) is 29.1 Å². The number of epoxide rings is 2. The highest BCUT2D eigenvalue weighted by Crippen LogP contribution is 2.73. The largest absolute Gasteiger partial charge is 0.461 e. The Hall–Kier alpha value is -1.06. The van der Waals surface area contributed by atoms with Crippen LogP contribution in [0.3, 0.4) is 0 Å². The van der Waals surface area contributed by atoms with Crippen LogP contribution < -0.4 is 0 Å². The first-order chi connectivity index (χ1) is 13.8. The maximum absolute atomic E-state index is 13.8. The summed E-state index contributed by atoms with van der Waals surface area (Å²) in [4.78, 5) is 25.7. The molecule has 0 aromatic heterocycles. The summed E-state index contributed by atoms with van der Waals surface area (Å²) in [6.07, 6.45) is -4.38. The van der Waals surface area contributed by atoms with Crippen LogP contribution in [0.15, 0.2) is 0 Å². The fourth-order valence-corrected chi connectivity index (χ4v) is 7.20. The molecular weight excluding hydrogens is 392 g/mol. The number of ether oxygens (including phenoxy) is 3. The number of carbonyl (C=O) groups excluding carboxylic acids is 2. The van der Waals surface area contributed by atoms with Crippen molar-refractivity contribution >= 4 is 11.8 Å². The zero-order valence-corrected chi connectivity index (χ0v) is 18.3. The van der Waals surface area contributed by atoms with E-state index in [9.17, 15) is 24.9 Å². The smallest absolute Gasteiger partial charge is 0.302 e. The summed E-state index contributed by atoms with van der Waals surface area (Å²) in [6.45, 7) is 10.5. The average molecular weight is 424 g/mol. The molecule has 12 atom stereocenters. The van der Waals surface area contributed by atoms with Crippen molar-refractivity contribution < 1.29 is 39.1 Å². The molecule has 5 aliphatic rings. The molecule has 0 radical (unpaired) electrons. The molecule has 5 rings (SSSR count). The van der Waals surface area contributed by atoms with Gasteiger partial charge in [-0.1, -0.05) is 27.7 Å². The molecule has 0 aromatic rings. The Kier molecular flexibility index (Phi) is 3.92. The second kappa shape index (κ2) is 5.64. The van der Waals surface area contributed by atoms with E-state index in [1.807, 2.05) is 20.8 Å². The van der Waals surface area contributed by atoms with Crippen molar-refractivity contribution in [3.63, 3.8) is 0 Å². The van der Waals surface area contributed by atoms with Gasteiger partial charge in [0, 0.05) is 12.8 Å². The van der Waals surface area contributed by atoms with Gasteiger partial charge >= 0.3 is 5.97 Å². The van der Waals surface area contributed by atoms with Crippen LogP contribution >= 0.6 is 0 Å². The summed E-state index contributed by atoms with van der Waals surface area (Å²) >= 11 is 0. The van der Waals surface area contributed by atoms with Crippen molar-refractivity contribution in [3.8, 4) is 0 Å². The number of rotatable bonds is 1. The van der Waals surface area contributed by atoms with E-state index in [-0.39, 0.29) is 23.5 Å². The quantitative estimate of drug-likeness (QED) is 0.402. The van der Waals surface area contributed by atoms with Gasteiger partial charge in [-0.05, 0) is 30.6 Å². The molecule has 3 N–H and O–H groups in total. The molecule has 2 aliphatic heterocycles. The van der Waals surface area contributed by atoms with Gasteiger partial charge in [-0.2, -0.15) is 0 Å². The van der Waals surface area contributed by atoms with Crippen molar-refractivity contribution in [1.82, 2.24) is 0 Å². The minimum absolute atomic E-state index is 0.189. The van der Waals surface area contributed by atoms with E-state index in [0.29, 0.717) is 6.42 Å². The summed E-state index contributed by atoms with van der Waals surface area (Å²) in [7, 11) is 0. The zero-order chi connectivity index (χ0) is 22.2. The Labute approximate surface area is 175 Å². The molecule has 0 aromatic carbocycles. The first-order valence-electron chi connectivity index (χ1n) is 10.9. The molecule has 3 aliphatic carbocycles. The van der Waals surface area contributed by atoms with Crippen LogP contribution in [0.2, 0.25) is 0 Å². The minimum Gasteiger partial charge on any atom is -0.461 e. The third-order valence-corrected chi connectivity index (χ3v) is 8.98. The Balaban J connectivity index is 1.62. The van der Waals surface area contributed by atoms with E-state index in [1.54, 1.807) is 13.8 Å². The summed E-state index contributed by atoms with van der Waals surface area (Å²) in [5, 5.41) is 33.2. The van der Waals surface area contributed by atoms with Gasteiger partial charge in [0.05, 0.1) is 18.1 Å². The average Bonchev–Trinajstić information content (AvgIpc) is 3.58. The second-order valence-corrected chi connectivity index (χ2v) is 11.1. The second-order valence-electron chi connectivity index (χ2n) is 11.1. The van der Waals surface area contributed by atoms with Crippen molar-refractivity contribution in [2.75, 3.05) is 0 Å². The highest BCUT2D eigenvalue weighted by Gasteiger charge is 2.92. The number of fused-ring (bicyclic) bond motifs is 2. The molecule has 0 spiro atoms. The number of aliphatic hydroxyl groups excluding tert-OH is 3. The Morgan fingerprint density at radius 1 is 1.10 bits per heavy atom. The van der Waals surface area contributed by atoms with E-state index < -0.39 is 64.6 Å². The fourth-order valence-electron chi connectivity index (χ4n) is 7.20. The van der Waals surface area contributed by atoms with Gasteiger partial charge in [0.25, 0.3) is 0 Å². The van der Waals surface area contributed by atoms with Crippen LogP contribution in [-0.4, -0.2) is 74.4 Å². The van der Waals surface area contributed by atoms with Gasteiger partial charge in [-0.25, -0.2) is 0 Å². The molecule has 8 nitrogen and oxygen atoms in total. The lowest BCUT2D eigenvalue weighted by Gasteiger charge is -2.27. The lowest BCUT2D eigenvalue weighted by atomic mass is 9.77. The van der Waals surface area contributed by atoms with Gasteiger partial charge in [0.15, 0.2) is 17.0 Å². The number of esters is 1. The summed E-state index contributed by atoms with van der Waals surface area (Å²) in [5.74, 6) is -2.23. The molecule has 0 bridgehead atoms. The Bertz CT molecular complexity index is 826. The third-order valence-electron chi connectivity index (χ3n) is 8.98. The predicted molar refractivity (Wildman–Crippen MR) is 102 cm³/mol.